The van der Waals surface area contributed by atoms with Gasteiger partial charge in [-0.1, -0.05) is 114 Å². The molecule has 0 atom stereocenters. The van der Waals surface area contributed by atoms with Gasteiger partial charge in [0.15, 0.2) is 0 Å². The Bertz CT molecular complexity index is 588. The molecular weight excluding hydrogens is 292 g/mol. The van der Waals surface area contributed by atoms with Gasteiger partial charge in [-0.3, -0.25) is 0 Å². The zero-order chi connectivity index (χ0) is 17.5. The van der Waals surface area contributed by atoms with E-state index in [1.54, 1.807) is 0 Å². The topological polar surface area (TPSA) is 0 Å². The zero-order valence-electron chi connectivity index (χ0n) is 16.1. The molecule has 2 rings (SSSR count). The summed E-state index contributed by atoms with van der Waals surface area (Å²) in [6.07, 6.45) is 0. The highest BCUT2D eigenvalue weighted by atomic mass is 28.3. The molecule has 0 saturated carbocycles. The van der Waals surface area contributed by atoms with Gasteiger partial charge in [0.25, 0.3) is 0 Å². The van der Waals surface area contributed by atoms with E-state index in [2.05, 4.69) is 103 Å². The van der Waals surface area contributed by atoms with E-state index >= 15 is 0 Å². The minimum absolute atomic E-state index is 0.221. The van der Waals surface area contributed by atoms with Gasteiger partial charge in [-0.15, -0.1) is 0 Å². The highest BCUT2D eigenvalue weighted by molar-refractivity contribution is 7.00. The average molecular weight is 325 g/mol. The first kappa shape index (κ1) is 18.0. The van der Waals surface area contributed by atoms with Gasteiger partial charge < -0.3 is 0 Å². The molecule has 0 bridgehead atoms. The quantitative estimate of drug-likeness (QED) is 0.674. The van der Waals surface area contributed by atoms with Crippen LogP contribution in [-0.4, -0.2) is 8.07 Å². The van der Waals surface area contributed by atoms with Gasteiger partial charge in [0.2, 0.25) is 0 Å². The normalized spacial score (nSPS) is 13.2. The summed E-state index contributed by atoms with van der Waals surface area (Å²) in [5, 5.41) is 3.02. The molecule has 124 valence electrons. The second kappa shape index (κ2) is 5.94. The molecule has 0 radical (unpaired) electrons. The lowest BCUT2D eigenvalue weighted by Gasteiger charge is -2.27. The Hall–Kier alpha value is -1.34. The van der Waals surface area contributed by atoms with Gasteiger partial charge in [-0.05, 0) is 22.0 Å². The smallest absolute Gasteiger partial charge is 0.0623 e. The van der Waals surface area contributed by atoms with Crippen LogP contribution in [0, 0.1) is 0 Å². The minimum atomic E-state index is -1.62. The van der Waals surface area contributed by atoms with Crippen molar-refractivity contribution in [3.05, 3.63) is 59.7 Å². The van der Waals surface area contributed by atoms with Crippen LogP contribution >= 0.6 is 0 Å². The van der Waals surface area contributed by atoms with E-state index < -0.39 is 8.07 Å². The predicted molar refractivity (Wildman–Crippen MR) is 107 cm³/mol. The average Bonchev–Trinajstić information content (AvgIpc) is 2.46. The van der Waals surface area contributed by atoms with Gasteiger partial charge in [-0.25, -0.2) is 0 Å². The highest BCUT2D eigenvalue weighted by Crippen LogP contribution is 2.23. The summed E-state index contributed by atoms with van der Waals surface area (Å²) in [5.74, 6) is 0. The molecule has 0 unspecified atom stereocenters. The first-order valence-electron chi connectivity index (χ1n) is 8.64. The van der Waals surface area contributed by atoms with Crippen LogP contribution in [0.15, 0.2) is 48.5 Å². The number of benzene rings is 2. The maximum absolute atomic E-state index is 2.45. The van der Waals surface area contributed by atoms with Crippen LogP contribution in [0.25, 0.3) is 0 Å². The maximum atomic E-state index is 2.45. The van der Waals surface area contributed by atoms with Crippen LogP contribution in [0.1, 0.15) is 52.7 Å². The number of hydrogen-bond acceptors (Lipinski definition) is 0. The predicted octanol–water partition coefficient (Wildman–Crippen LogP) is 5.10. The van der Waals surface area contributed by atoms with E-state index in [1.165, 1.54) is 21.5 Å². The first-order valence-corrected chi connectivity index (χ1v) is 11.6. The summed E-state index contributed by atoms with van der Waals surface area (Å²) in [6, 6.07) is 18.7. The standard InChI is InChI=1S/C22H32Si/c1-21(2,3)17-9-13-19(14-10-17)23(7,8)20-15-11-18(12-16-20)22(4,5)6/h9-16H,1-8H3. The second-order valence-corrected chi connectivity index (χ2v) is 13.7. The van der Waals surface area contributed by atoms with Crippen molar-refractivity contribution in [1.29, 1.82) is 0 Å². The summed E-state index contributed by atoms with van der Waals surface area (Å²) in [7, 11) is -1.62. The SMILES string of the molecule is CC(C)(C)c1ccc([Si](C)(C)c2ccc(C(C)(C)C)cc2)cc1. The highest BCUT2D eigenvalue weighted by Gasteiger charge is 2.27. The summed E-state index contributed by atoms with van der Waals surface area (Å²) >= 11 is 0. The molecule has 0 amide bonds. The van der Waals surface area contributed by atoms with Crippen LogP contribution in [-0.2, 0) is 10.8 Å². The van der Waals surface area contributed by atoms with E-state index in [9.17, 15) is 0 Å². The molecule has 0 aliphatic rings. The van der Waals surface area contributed by atoms with Crippen molar-refractivity contribution < 1.29 is 0 Å². The van der Waals surface area contributed by atoms with Crippen LogP contribution in [0.2, 0.25) is 13.1 Å². The molecule has 23 heavy (non-hydrogen) atoms. The molecule has 1 heteroatoms. The van der Waals surface area contributed by atoms with Crippen molar-refractivity contribution in [2.45, 2.75) is 65.5 Å². The molecule has 0 aromatic heterocycles. The summed E-state index contributed by atoms with van der Waals surface area (Å²) < 4.78 is 0. The molecule has 0 saturated heterocycles. The largest absolute Gasteiger partial charge is 0.112 e. The van der Waals surface area contributed by atoms with E-state index in [4.69, 9.17) is 0 Å². The third-order valence-corrected chi connectivity index (χ3v) is 8.50. The molecule has 0 aliphatic heterocycles. The Kier molecular flexibility index (Phi) is 4.65. The first-order chi connectivity index (χ1) is 10.4. The van der Waals surface area contributed by atoms with Crippen LogP contribution in [0.4, 0.5) is 0 Å². The summed E-state index contributed by atoms with van der Waals surface area (Å²) in [6.45, 7) is 18.5. The van der Waals surface area contributed by atoms with Gasteiger partial charge in [-0.2, -0.15) is 0 Å². The van der Waals surface area contributed by atoms with Gasteiger partial charge >= 0.3 is 0 Å². The van der Waals surface area contributed by atoms with Gasteiger partial charge in [0.1, 0.15) is 8.07 Å². The van der Waals surface area contributed by atoms with E-state index in [-0.39, 0.29) is 10.8 Å². The fourth-order valence-electron chi connectivity index (χ4n) is 2.94. The summed E-state index contributed by atoms with van der Waals surface area (Å²) in [4.78, 5) is 0. The molecule has 2 aromatic rings. The van der Waals surface area contributed by atoms with Crippen molar-refractivity contribution in [2.24, 2.45) is 0 Å². The Morgan fingerprint density at radius 1 is 0.522 bits per heavy atom. The van der Waals surface area contributed by atoms with Crippen LogP contribution in [0.3, 0.4) is 0 Å². The fourth-order valence-corrected chi connectivity index (χ4v) is 5.27. The Morgan fingerprint density at radius 2 is 0.783 bits per heavy atom. The van der Waals surface area contributed by atoms with Crippen molar-refractivity contribution >= 4 is 18.4 Å². The second-order valence-electron chi connectivity index (χ2n) is 9.28. The van der Waals surface area contributed by atoms with Crippen LogP contribution in [0.5, 0.6) is 0 Å². The number of rotatable bonds is 2. The van der Waals surface area contributed by atoms with Gasteiger partial charge in [0.05, 0.1) is 0 Å². The Labute approximate surface area is 144 Å². The lowest BCUT2D eigenvalue weighted by molar-refractivity contribution is 0.590. The van der Waals surface area contributed by atoms with Crippen molar-refractivity contribution in [3.63, 3.8) is 0 Å². The zero-order valence-corrected chi connectivity index (χ0v) is 17.1. The molecule has 0 fully saturated rings. The van der Waals surface area contributed by atoms with E-state index in [1.807, 2.05) is 0 Å². The monoisotopic (exact) mass is 324 g/mol. The molecule has 0 nitrogen and oxygen atoms in total. The van der Waals surface area contributed by atoms with Crippen LogP contribution < -0.4 is 10.4 Å². The Balaban J connectivity index is 2.34. The van der Waals surface area contributed by atoms with Crippen molar-refractivity contribution in [3.8, 4) is 0 Å². The lowest BCUT2D eigenvalue weighted by Crippen LogP contribution is -2.52. The third-order valence-electron chi connectivity index (χ3n) is 4.95. The summed E-state index contributed by atoms with van der Waals surface area (Å²) in [5.41, 5.74) is 3.26. The fraction of sp³-hybridized carbons (Fsp3) is 0.455. The third kappa shape index (κ3) is 3.95. The Morgan fingerprint density at radius 3 is 1.00 bits per heavy atom. The molecule has 0 aliphatic carbocycles. The molecule has 0 N–H and O–H groups in total. The molecule has 2 aromatic carbocycles. The lowest BCUT2D eigenvalue weighted by atomic mass is 9.87. The van der Waals surface area contributed by atoms with Crippen molar-refractivity contribution in [2.75, 3.05) is 0 Å². The van der Waals surface area contributed by atoms with E-state index in [0.29, 0.717) is 0 Å². The molecule has 0 spiro atoms. The number of hydrogen-bond donors (Lipinski definition) is 0. The minimum Gasteiger partial charge on any atom is -0.0623 e. The van der Waals surface area contributed by atoms with Gasteiger partial charge in [0, 0.05) is 0 Å². The van der Waals surface area contributed by atoms with Crippen molar-refractivity contribution in [1.82, 2.24) is 0 Å². The maximum Gasteiger partial charge on any atom is 0.112 e. The van der Waals surface area contributed by atoms with E-state index in [0.717, 1.165) is 0 Å². The molecule has 0 heterocycles. The molecular formula is C22H32Si.